The number of nitrogen functional groups attached to an aromatic ring is 1. The molecule has 0 atom stereocenters. The number of benzene rings is 2. The first-order chi connectivity index (χ1) is 17.6. The quantitative estimate of drug-likeness (QED) is 0.375. The Morgan fingerprint density at radius 1 is 1.00 bits per heavy atom. The molecule has 0 aliphatic carbocycles. The summed E-state index contributed by atoms with van der Waals surface area (Å²) in [6.45, 7) is 1.62. The fourth-order valence-electron chi connectivity index (χ4n) is 4.16. The molecule has 36 heavy (non-hydrogen) atoms. The van der Waals surface area contributed by atoms with E-state index in [1.807, 2.05) is 60.7 Å². The van der Waals surface area contributed by atoms with Gasteiger partial charge in [0.15, 0.2) is 11.5 Å². The minimum atomic E-state index is -0.466. The number of carbonyl (C=O) groups excluding carboxylic acids is 1. The van der Waals surface area contributed by atoms with Crippen molar-refractivity contribution < 1.29 is 9.53 Å². The molecule has 0 radical (unpaired) electrons. The van der Waals surface area contributed by atoms with Crippen molar-refractivity contribution in [3.63, 3.8) is 0 Å². The summed E-state index contributed by atoms with van der Waals surface area (Å²) in [5.74, 6) is 0.847. The molecule has 9 heteroatoms. The summed E-state index contributed by atoms with van der Waals surface area (Å²) in [4.78, 5) is 28.5. The van der Waals surface area contributed by atoms with E-state index in [2.05, 4.69) is 25.2 Å². The molecule has 0 bridgehead atoms. The van der Waals surface area contributed by atoms with E-state index in [1.165, 1.54) is 6.20 Å². The highest BCUT2D eigenvalue weighted by molar-refractivity contribution is 6.07. The molecule has 1 amide bonds. The minimum absolute atomic E-state index is 0.0254. The molecule has 1 aliphatic heterocycles. The maximum atomic E-state index is 13.3. The average Bonchev–Trinajstić information content (AvgIpc) is 2.91. The SMILES string of the molecule is Nc1ncc(-c2ccccc2Oc2ccccc2)nc1C(=O)Nc1cnccc1N1CCC(N)CC1. The van der Waals surface area contributed by atoms with Crippen LogP contribution < -0.4 is 26.4 Å². The number of hydrogen-bond donors (Lipinski definition) is 3. The van der Waals surface area contributed by atoms with Gasteiger partial charge in [-0.15, -0.1) is 0 Å². The van der Waals surface area contributed by atoms with Gasteiger partial charge in [-0.1, -0.05) is 30.3 Å². The van der Waals surface area contributed by atoms with Gasteiger partial charge in [0.1, 0.15) is 11.5 Å². The highest BCUT2D eigenvalue weighted by atomic mass is 16.5. The standard InChI is InChI=1S/C27H27N7O2/c28-18-11-14-34(15-12-18)23-10-13-30-16-22(23)33-27(35)25-26(29)31-17-21(32-25)20-8-4-5-9-24(20)36-19-6-2-1-3-7-19/h1-10,13,16-18H,11-12,14-15,28H2,(H2,29,31)(H,33,35). The number of pyridine rings is 1. The zero-order chi connectivity index (χ0) is 24.9. The summed E-state index contributed by atoms with van der Waals surface area (Å²) < 4.78 is 6.06. The first-order valence-corrected chi connectivity index (χ1v) is 11.8. The monoisotopic (exact) mass is 481 g/mol. The van der Waals surface area contributed by atoms with E-state index in [1.54, 1.807) is 12.4 Å². The molecule has 2 aromatic carbocycles. The second-order valence-corrected chi connectivity index (χ2v) is 8.57. The second kappa shape index (κ2) is 10.4. The molecule has 1 fully saturated rings. The number of amides is 1. The van der Waals surface area contributed by atoms with Crippen LogP contribution in [0.15, 0.2) is 79.3 Å². The van der Waals surface area contributed by atoms with Crippen molar-refractivity contribution in [2.24, 2.45) is 5.73 Å². The van der Waals surface area contributed by atoms with E-state index in [0.717, 1.165) is 31.6 Å². The van der Waals surface area contributed by atoms with Crippen LogP contribution in [-0.2, 0) is 0 Å². The van der Waals surface area contributed by atoms with Gasteiger partial charge in [-0.3, -0.25) is 9.78 Å². The highest BCUT2D eigenvalue weighted by Gasteiger charge is 2.22. The molecule has 0 spiro atoms. The van der Waals surface area contributed by atoms with Gasteiger partial charge < -0.3 is 26.4 Å². The highest BCUT2D eigenvalue weighted by Crippen LogP contribution is 2.33. The van der Waals surface area contributed by atoms with Crippen LogP contribution in [-0.4, -0.2) is 40.0 Å². The predicted octanol–water partition coefficient (Wildman–Crippen LogP) is 4.09. The molecule has 1 aliphatic rings. The van der Waals surface area contributed by atoms with Crippen LogP contribution in [0.25, 0.3) is 11.3 Å². The van der Waals surface area contributed by atoms with Gasteiger partial charge in [0.2, 0.25) is 0 Å². The van der Waals surface area contributed by atoms with Crippen LogP contribution in [0.3, 0.4) is 0 Å². The maximum absolute atomic E-state index is 13.3. The van der Waals surface area contributed by atoms with Crippen molar-refractivity contribution in [3.05, 3.63) is 84.9 Å². The average molecular weight is 482 g/mol. The lowest BCUT2D eigenvalue weighted by molar-refractivity contribution is 0.102. The van der Waals surface area contributed by atoms with Gasteiger partial charge in [0.25, 0.3) is 5.91 Å². The fraction of sp³-hybridized carbons (Fsp3) is 0.185. The number of piperidine rings is 1. The van der Waals surface area contributed by atoms with Gasteiger partial charge in [0.05, 0.1) is 29.5 Å². The minimum Gasteiger partial charge on any atom is -0.457 e. The van der Waals surface area contributed by atoms with Crippen molar-refractivity contribution in [2.75, 3.05) is 29.0 Å². The summed E-state index contributed by atoms with van der Waals surface area (Å²) in [6.07, 6.45) is 6.64. The van der Waals surface area contributed by atoms with Crippen molar-refractivity contribution in [1.82, 2.24) is 15.0 Å². The number of ether oxygens (including phenoxy) is 1. The van der Waals surface area contributed by atoms with Crippen LogP contribution in [0.2, 0.25) is 0 Å². The largest absolute Gasteiger partial charge is 0.457 e. The molecular formula is C27H27N7O2. The van der Waals surface area contributed by atoms with E-state index < -0.39 is 5.91 Å². The first-order valence-electron chi connectivity index (χ1n) is 11.8. The molecule has 4 aromatic rings. The Hall–Kier alpha value is -4.50. The normalized spacial score (nSPS) is 13.9. The number of aromatic nitrogens is 3. The number of nitrogens with one attached hydrogen (secondary N) is 1. The third-order valence-corrected chi connectivity index (χ3v) is 6.08. The van der Waals surface area contributed by atoms with E-state index in [4.69, 9.17) is 16.2 Å². The number of para-hydroxylation sites is 2. The lowest BCUT2D eigenvalue weighted by Gasteiger charge is -2.33. The van der Waals surface area contributed by atoms with Crippen LogP contribution >= 0.6 is 0 Å². The molecular weight excluding hydrogens is 454 g/mol. The fourth-order valence-corrected chi connectivity index (χ4v) is 4.16. The second-order valence-electron chi connectivity index (χ2n) is 8.57. The van der Waals surface area contributed by atoms with Crippen molar-refractivity contribution in [2.45, 2.75) is 18.9 Å². The third-order valence-electron chi connectivity index (χ3n) is 6.08. The molecule has 0 saturated carbocycles. The van der Waals surface area contributed by atoms with E-state index >= 15 is 0 Å². The Morgan fingerprint density at radius 3 is 2.56 bits per heavy atom. The van der Waals surface area contributed by atoms with Crippen molar-refractivity contribution in [1.29, 1.82) is 0 Å². The van der Waals surface area contributed by atoms with E-state index in [-0.39, 0.29) is 17.6 Å². The van der Waals surface area contributed by atoms with Gasteiger partial charge in [-0.25, -0.2) is 9.97 Å². The topological polar surface area (TPSA) is 132 Å². The first kappa shape index (κ1) is 23.3. The smallest absolute Gasteiger partial charge is 0.278 e. The third kappa shape index (κ3) is 5.11. The molecule has 5 rings (SSSR count). The Labute approximate surface area is 209 Å². The molecule has 182 valence electrons. The van der Waals surface area contributed by atoms with Crippen LogP contribution in [0.5, 0.6) is 11.5 Å². The molecule has 5 N–H and O–H groups in total. The van der Waals surface area contributed by atoms with Crippen molar-refractivity contribution >= 4 is 23.1 Å². The van der Waals surface area contributed by atoms with Crippen LogP contribution in [0.1, 0.15) is 23.3 Å². The van der Waals surface area contributed by atoms with Gasteiger partial charge in [-0.05, 0) is 43.2 Å². The van der Waals surface area contributed by atoms with Gasteiger partial charge >= 0.3 is 0 Å². The van der Waals surface area contributed by atoms with Gasteiger partial charge in [-0.2, -0.15) is 0 Å². The molecule has 3 heterocycles. The number of rotatable bonds is 6. The Kier molecular flexibility index (Phi) is 6.72. The number of hydrogen-bond acceptors (Lipinski definition) is 8. The Balaban J connectivity index is 1.42. The zero-order valence-corrected chi connectivity index (χ0v) is 19.7. The summed E-state index contributed by atoms with van der Waals surface area (Å²) in [7, 11) is 0. The number of nitrogens with two attached hydrogens (primary N) is 2. The maximum Gasteiger partial charge on any atom is 0.278 e. The van der Waals surface area contributed by atoms with Gasteiger partial charge in [0, 0.05) is 30.9 Å². The van der Waals surface area contributed by atoms with E-state index in [9.17, 15) is 4.79 Å². The summed E-state index contributed by atoms with van der Waals surface area (Å²) >= 11 is 0. The van der Waals surface area contributed by atoms with Crippen LogP contribution in [0, 0.1) is 0 Å². The van der Waals surface area contributed by atoms with Crippen LogP contribution in [0.4, 0.5) is 17.2 Å². The zero-order valence-electron chi connectivity index (χ0n) is 19.7. The summed E-state index contributed by atoms with van der Waals surface area (Å²) in [5, 5.41) is 2.92. The summed E-state index contributed by atoms with van der Waals surface area (Å²) in [6, 6.07) is 19.0. The number of anilines is 3. The molecule has 2 aromatic heterocycles. The molecule has 0 unspecified atom stereocenters. The number of nitrogens with zero attached hydrogens (tertiary/aromatic N) is 4. The Morgan fingerprint density at radius 2 is 1.75 bits per heavy atom. The summed E-state index contributed by atoms with van der Waals surface area (Å²) in [5.41, 5.74) is 14.8. The predicted molar refractivity (Wildman–Crippen MR) is 140 cm³/mol. The lowest BCUT2D eigenvalue weighted by atomic mass is 10.1. The molecule has 9 nitrogen and oxygen atoms in total. The lowest BCUT2D eigenvalue weighted by Crippen LogP contribution is -2.40. The van der Waals surface area contributed by atoms with Crippen molar-refractivity contribution in [3.8, 4) is 22.8 Å². The Bertz CT molecular complexity index is 1360. The molecule has 1 saturated heterocycles. The number of carbonyl (C=O) groups is 1. The van der Waals surface area contributed by atoms with E-state index in [0.29, 0.717) is 28.4 Å².